The van der Waals surface area contributed by atoms with E-state index in [9.17, 15) is 14.7 Å². The number of phenols is 1. The highest BCUT2D eigenvalue weighted by Crippen LogP contribution is 2.33. The van der Waals surface area contributed by atoms with Gasteiger partial charge in [0.05, 0.1) is 10.6 Å². The van der Waals surface area contributed by atoms with Gasteiger partial charge in [-0.25, -0.2) is 0 Å². The maximum Gasteiger partial charge on any atom is 0.266 e. The van der Waals surface area contributed by atoms with E-state index in [2.05, 4.69) is 5.32 Å². The third kappa shape index (κ3) is 4.68. The summed E-state index contributed by atoms with van der Waals surface area (Å²) >= 11 is 12.3. The number of aryl methyl sites for hydroxylation is 1. The molecule has 0 saturated carbocycles. The minimum absolute atomic E-state index is 0.114. The van der Waals surface area contributed by atoms with Crippen molar-refractivity contribution in [3.63, 3.8) is 0 Å². The van der Waals surface area contributed by atoms with Crippen LogP contribution in [0.5, 0.6) is 5.75 Å². The Labute approximate surface area is 171 Å². The molecular weight excluding hydrogens is 404 g/mol. The first-order chi connectivity index (χ1) is 12.8. The summed E-state index contributed by atoms with van der Waals surface area (Å²) in [5.41, 5.74) is 2.18. The Bertz CT molecular complexity index is 958. The zero-order valence-electron chi connectivity index (χ0n) is 14.2. The molecule has 0 unspecified atom stereocenters. The second kappa shape index (κ2) is 8.12. The number of nitrogens with zero attached hydrogens (tertiary/aromatic N) is 1. The van der Waals surface area contributed by atoms with Gasteiger partial charge in [-0.3, -0.25) is 14.5 Å². The summed E-state index contributed by atoms with van der Waals surface area (Å²) in [6.07, 6.45) is 1.75. The van der Waals surface area contributed by atoms with Crippen molar-refractivity contribution in [1.29, 1.82) is 0 Å². The van der Waals surface area contributed by atoms with Crippen LogP contribution in [-0.2, 0) is 9.59 Å². The Kier molecular flexibility index (Phi) is 5.84. The van der Waals surface area contributed by atoms with E-state index < -0.39 is 5.91 Å². The van der Waals surface area contributed by atoms with Gasteiger partial charge >= 0.3 is 0 Å². The highest BCUT2D eigenvalue weighted by atomic mass is 35.5. The van der Waals surface area contributed by atoms with Crippen molar-refractivity contribution in [2.75, 3.05) is 11.9 Å². The van der Waals surface area contributed by atoms with E-state index in [0.29, 0.717) is 14.2 Å². The van der Waals surface area contributed by atoms with Crippen molar-refractivity contribution in [3.05, 3.63) is 63.5 Å². The maximum atomic E-state index is 12.6. The van der Waals surface area contributed by atoms with Gasteiger partial charge in [0, 0.05) is 5.02 Å². The Morgan fingerprint density at radius 2 is 2.00 bits per heavy atom. The number of amides is 2. The minimum atomic E-state index is -0.486. The molecule has 0 aromatic heterocycles. The fourth-order valence-electron chi connectivity index (χ4n) is 2.39. The lowest BCUT2D eigenvalue weighted by molar-refractivity contribution is -0.126. The zero-order valence-corrected chi connectivity index (χ0v) is 16.6. The Hall–Kier alpha value is -2.35. The van der Waals surface area contributed by atoms with Crippen molar-refractivity contribution < 1.29 is 14.7 Å². The van der Waals surface area contributed by atoms with E-state index in [-0.39, 0.29) is 23.9 Å². The van der Waals surface area contributed by atoms with Crippen LogP contribution in [0.25, 0.3) is 6.08 Å². The summed E-state index contributed by atoms with van der Waals surface area (Å²) in [4.78, 5) is 26.6. The van der Waals surface area contributed by atoms with E-state index >= 15 is 0 Å². The van der Waals surface area contributed by atoms with E-state index in [1.54, 1.807) is 6.08 Å². The quantitative estimate of drug-likeness (QED) is 0.442. The number of nitrogens with one attached hydrogen (secondary N) is 1. The van der Waals surface area contributed by atoms with Gasteiger partial charge in [0.25, 0.3) is 5.91 Å². The molecule has 0 bridgehead atoms. The maximum absolute atomic E-state index is 12.6. The number of carbonyl (C=O) groups is 2. The van der Waals surface area contributed by atoms with Crippen molar-refractivity contribution in [2.24, 2.45) is 0 Å². The average Bonchev–Trinajstić information content (AvgIpc) is 2.87. The molecule has 3 rings (SSSR count). The molecule has 2 N–H and O–H groups in total. The standard InChI is InChI=1S/C19H15ClN2O3S2/c1-11-2-4-12(5-3-11)8-16-18(25)22(19(26)27-16)10-17(24)21-14-9-13(20)6-7-15(14)23/h2-9,23H,10H2,1H3,(H,21,24)/b16-8-. The summed E-state index contributed by atoms with van der Waals surface area (Å²) in [7, 11) is 0. The molecule has 2 aromatic carbocycles. The van der Waals surface area contributed by atoms with Crippen LogP contribution in [0.1, 0.15) is 11.1 Å². The van der Waals surface area contributed by atoms with Crippen LogP contribution in [0.3, 0.4) is 0 Å². The lowest BCUT2D eigenvalue weighted by Gasteiger charge is -2.14. The van der Waals surface area contributed by atoms with Crippen LogP contribution in [0.4, 0.5) is 5.69 Å². The SMILES string of the molecule is Cc1ccc(/C=C2\SC(=S)N(CC(=O)Nc3cc(Cl)ccc3O)C2=O)cc1. The molecular formula is C19H15ClN2O3S2. The largest absolute Gasteiger partial charge is 0.506 e. The second-order valence-electron chi connectivity index (χ2n) is 5.89. The molecule has 8 heteroatoms. The van der Waals surface area contributed by atoms with Gasteiger partial charge in [-0.15, -0.1) is 0 Å². The zero-order chi connectivity index (χ0) is 19.6. The first-order valence-corrected chi connectivity index (χ1v) is 9.54. The van der Waals surface area contributed by atoms with Crippen LogP contribution in [-0.4, -0.2) is 32.7 Å². The molecule has 27 heavy (non-hydrogen) atoms. The molecule has 1 aliphatic rings. The summed E-state index contributed by atoms with van der Waals surface area (Å²) in [5.74, 6) is -0.922. The molecule has 1 fully saturated rings. The van der Waals surface area contributed by atoms with Crippen LogP contribution in [0, 0.1) is 6.92 Å². The number of anilines is 1. The molecule has 0 atom stereocenters. The van der Waals surface area contributed by atoms with Crippen LogP contribution in [0.2, 0.25) is 5.02 Å². The Morgan fingerprint density at radius 3 is 2.70 bits per heavy atom. The average molecular weight is 419 g/mol. The molecule has 5 nitrogen and oxygen atoms in total. The lowest BCUT2D eigenvalue weighted by Crippen LogP contribution is -2.36. The number of phenolic OH excluding ortho intramolecular Hbond substituents is 1. The summed E-state index contributed by atoms with van der Waals surface area (Å²) < 4.78 is 0.309. The normalized spacial score (nSPS) is 15.5. The van der Waals surface area contributed by atoms with E-state index in [1.165, 1.54) is 23.1 Å². The van der Waals surface area contributed by atoms with E-state index in [0.717, 1.165) is 22.9 Å². The third-order valence-corrected chi connectivity index (χ3v) is 5.40. The van der Waals surface area contributed by atoms with Gasteiger partial charge in [0.15, 0.2) is 0 Å². The fourth-order valence-corrected chi connectivity index (χ4v) is 3.82. The van der Waals surface area contributed by atoms with Gasteiger partial charge in [-0.2, -0.15) is 0 Å². The third-order valence-electron chi connectivity index (χ3n) is 3.78. The van der Waals surface area contributed by atoms with Crippen LogP contribution < -0.4 is 5.32 Å². The van der Waals surface area contributed by atoms with Gasteiger partial charge in [0.2, 0.25) is 5.91 Å². The van der Waals surface area contributed by atoms with E-state index in [4.69, 9.17) is 23.8 Å². The highest BCUT2D eigenvalue weighted by molar-refractivity contribution is 8.26. The van der Waals surface area contributed by atoms with Crippen LogP contribution in [0.15, 0.2) is 47.4 Å². The predicted octanol–water partition coefficient (Wildman–Crippen LogP) is 4.19. The van der Waals surface area contributed by atoms with Crippen molar-refractivity contribution >= 4 is 63.5 Å². The molecule has 2 aromatic rings. The molecule has 0 aliphatic carbocycles. The summed E-state index contributed by atoms with van der Waals surface area (Å²) in [5, 5.41) is 12.7. The van der Waals surface area contributed by atoms with Gasteiger partial charge in [-0.05, 0) is 36.8 Å². The highest BCUT2D eigenvalue weighted by Gasteiger charge is 2.33. The lowest BCUT2D eigenvalue weighted by atomic mass is 10.1. The van der Waals surface area contributed by atoms with Crippen LogP contribution >= 0.6 is 35.6 Å². The number of hydrogen-bond donors (Lipinski definition) is 2. The fraction of sp³-hybridized carbons (Fsp3) is 0.105. The number of thioether (sulfide) groups is 1. The van der Waals surface area contributed by atoms with Gasteiger partial charge < -0.3 is 10.4 Å². The number of benzene rings is 2. The first kappa shape index (κ1) is 19.4. The van der Waals surface area contributed by atoms with Gasteiger partial charge in [0.1, 0.15) is 16.6 Å². The Balaban J connectivity index is 1.71. The van der Waals surface area contributed by atoms with Crippen molar-refractivity contribution in [1.82, 2.24) is 4.90 Å². The second-order valence-corrected chi connectivity index (χ2v) is 8.00. The molecule has 0 radical (unpaired) electrons. The van der Waals surface area contributed by atoms with Crippen molar-refractivity contribution in [2.45, 2.75) is 6.92 Å². The molecule has 0 spiro atoms. The molecule has 1 aliphatic heterocycles. The number of carbonyl (C=O) groups excluding carboxylic acids is 2. The first-order valence-electron chi connectivity index (χ1n) is 7.94. The number of halogens is 1. The monoisotopic (exact) mass is 418 g/mol. The molecule has 1 heterocycles. The smallest absolute Gasteiger partial charge is 0.266 e. The molecule has 1 saturated heterocycles. The summed E-state index contributed by atoms with van der Waals surface area (Å²) in [6.45, 7) is 1.74. The predicted molar refractivity (Wildman–Crippen MR) is 113 cm³/mol. The van der Waals surface area contributed by atoms with Gasteiger partial charge in [-0.1, -0.05) is 65.4 Å². The minimum Gasteiger partial charge on any atom is -0.506 e. The topological polar surface area (TPSA) is 69.6 Å². The molecule has 138 valence electrons. The summed E-state index contributed by atoms with van der Waals surface area (Å²) in [6, 6.07) is 12.0. The number of hydrogen-bond acceptors (Lipinski definition) is 5. The number of thiocarbonyl (C=S) groups is 1. The Morgan fingerprint density at radius 1 is 1.30 bits per heavy atom. The molecule has 2 amide bonds. The number of rotatable bonds is 4. The van der Waals surface area contributed by atoms with E-state index in [1.807, 2.05) is 31.2 Å². The van der Waals surface area contributed by atoms with Crippen molar-refractivity contribution in [3.8, 4) is 5.75 Å². The number of aromatic hydroxyl groups is 1.